The number of ketones is 1. The first kappa shape index (κ1) is 10.9. The Labute approximate surface area is 97.0 Å². The smallest absolute Gasteiger partial charge is 0.197 e. The summed E-state index contributed by atoms with van der Waals surface area (Å²) in [5, 5.41) is 4.28. The highest BCUT2D eigenvalue weighted by atomic mass is 35.5. The van der Waals surface area contributed by atoms with Crippen LogP contribution in [0.25, 0.3) is 11.6 Å². The largest absolute Gasteiger partial charge is 0.448 e. The average molecular weight is 240 g/mol. The number of hydrogen-bond acceptors (Lipinski definition) is 4. The Bertz CT molecular complexity index is 530. The molecule has 0 amide bonds. The molecule has 6 heteroatoms. The molecule has 0 spiro atoms. The summed E-state index contributed by atoms with van der Waals surface area (Å²) in [5.74, 6) is 1.04. The Hall–Kier alpha value is -1.62. The summed E-state index contributed by atoms with van der Waals surface area (Å²) in [4.78, 5) is 15.4. The van der Waals surface area contributed by atoms with E-state index in [9.17, 15) is 4.79 Å². The highest BCUT2D eigenvalue weighted by Crippen LogP contribution is 2.29. The van der Waals surface area contributed by atoms with Crippen LogP contribution in [0.15, 0.2) is 16.8 Å². The van der Waals surface area contributed by atoms with Gasteiger partial charge in [-0.15, -0.1) is 0 Å². The van der Waals surface area contributed by atoms with Crippen molar-refractivity contribution < 1.29 is 9.21 Å². The lowest BCUT2D eigenvalue weighted by molar-refractivity contribution is 0.0962. The lowest BCUT2D eigenvalue weighted by Crippen LogP contribution is -1.94. The topological polar surface area (TPSA) is 60.9 Å². The first-order valence-corrected chi connectivity index (χ1v) is 5.18. The Morgan fingerprint density at radius 1 is 1.62 bits per heavy atom. The molecule has 0 radical (unpaired) electrons. The van der Waals surface area contributed by atoms with Crippen molar-refractivity contribution in [2.75, 3.05) is 0 Å². The lowest BCUT2D eigenvalue weighted by atomic mass is 10.2. The molecule has 0 fully saturated rings. The number of furan rings is 1. The maximum absolute atomic E-state index is 11.4. The molecule has 0 unspecified atom stereocenters. The minimum atomic E-state index is -0.0877. The van der Waals surface area contributed by atoms with Crippen LogP contribution in [0.2, 0.25) is 5.02 Å². The van der Waals surface area contributed by atoms with Gasteiger partial charge in [-0.2, -0.15) is 5.10 Å². The lowest BCUT2D eigenvalue weighted by Gasteiger charge is -1.96. The standard InChI is InChI=1S/C10H10ClN3O2/c1-3-7(15)8-4-6(11)9(16-8)10-12-5-13-14(10)2/h4-5H,3H2,1-2H3. The molecule has 0 saturated heterocycles. The van der Waals surface area contributed by atoms with Crippen LogP contribution in [-0.2, 0) is 7.05 Å². The van der Waals surface area contributed by atoms with Crippen LogP contribution in [0.3, 0.4) is 0 Å². The van der Waals surface area contributed by atoms with E-state index in [2.05, 4.69) is 10.1 Å². The van der Waals surface area contributed by atoms with Gasteiger partial charge in [0.2, 0.25) is 0 Å². The van der Waals surface area contributed by atoms with Crippen molar-refractivity contribution in [2.45, 2.75) is 13.3 Å². The first-order valence-electron chi connectivity index (χ1n) is 4.80. The van der Waals surface area contributed by atoms with E-state index in [1.807, 2.05) is 0 Å². The molecule has 2 heterocycles. The van der Waals surface area contributed by atoms with Gasteiger partial charge in [-0.3, -0.25) is 4.79 Å². The Balaban J connectivity index is 2.47. The van der Waals surface area contributed by atoms with E-state index in [1.165, 1.54) is 17.1 Å². The molecule has 0 saturated carbocycles. The number of Topliss-reactive ketones (excluding diaryl/α,β-unsaturated/α-hetero) is 1. The highest BCUT2D eigenvalue weighted by molar-refractivity contribution is 6.33. The molecule has 0 aliphatic carbocycles. The van der Waals surface area contributed by atoms with Gasteiger partial charge in [0.1, 0.15) is 6.33 Å². The van der Waals surface area contributed by atoms with E-state index in [4.69, 9.17) is 16.0 Å². The molecular formula is C10H10ClN3O2. The van der Waals surface area contributed by atoms with Crippen LogP contribution in [0.1, 0.15) is 23.9 Å². The maximum Gasteiger partial charge on any atom is 0.197 e. The summed E-state index contributed by atoms with van der Waals surface area (Å²) in [7, 11) is 1.72. The average Bonchev–Trinajstić information content (AvgIpc) is 2.83. The second-order valence-electron chi connectivity index (χ2n) is 3.27. The Kier molecular flexibility index (Phi) is 2.78. The zero-order valence-electron chi connectivity index (χ0n) is 8.90. The van der Waals surface area contributed by atoms with Gasteiger partial charge in [0.15, 0.2) is 23.1 Å². The summed E-state index contributed by atoms with van der Waals surface area (Å²) in [6.07, 6.45) is 1.78. The number of aryl methyl sites for hydroxylation is 1. The van der Waals surface area contributed by atoms with E-state index in [1.54, 1.807) is 14.0 Å². The van der Waals surface area contributed by atoms with Crippen molar-refractivity contribution in [3.05, 3.63) is 23.2 Å². The van der Waals surface area contributed by atoms with E-state index >= 15 is 0 Å². The second-order valence-corrected chi connectivity index (χ2v) is 3.68. The molecule has 0 aliphatic heterocycles. The van der Waals surface area contributed by atoms with Crippen molar-refractivity contribution in [3.63, 3.8) is 0 Å². The minimum Gasteiger partial charge on any atom is -0.448 e. The molecular weight excluding hydrogens is 230 g/mol. The Morgan fingerprint density at radius 2 is 2.38 bits per heavy atom. The van der Waals surface area contributed by atoms with E-state index in [0.29, 0.717) is 23.0 Å². The van der Waals surface area contributed by atoms with Gasteiger partial charge in [0, 0.05) is 19.5 Å². The van der Waals surface area contributed by atoms with E-state index in [0.717, 1.165) is 0 Å². The third kappa shape index (κ3) is 1.74. The summed E-state index contributed by atoms with van der Waals surface area (Å²) < 4.78 is 6.92. The van der Waals surface area contributed by atoms with Crippen molar-refractivity contribution in [2.24, 2.45) is 7.05 Å². The third-order valence-electron chi connectivity index (χ3n) is 2.20. The molecule has 2 rings (SSSR count). The van der Waals surface area contributed by atoms with Gasteiger partial charge in [0.05, 0.1) is 5.02 Å². The molecule has 0 atom stereocenters. The summed E-state index contributed by atoms with van der Waals surface area (Å²) in [6, 6.07) is 1.51. The zero-order chi connectivity index (χ0) is 11.7. The fraction of sp³-hybridized carbons (Fsp3) is 0.300. The van der Waals surface area contributed by atoms with Crippen molar-refractivity contribution in [1.82, 2.24) is 14.8 Å². The van der Waals surface area contributed by atoms with Gasteiger partial charge in [-0.1, -0.05) is 18.5 Å². The first-order chi connectivity index (χ1) is 7.63. The maximum atomic E-state index is 11.4. The molecule has 84 valence electrons. The molecule has 16 heavy (non-hydrogen) atoms. The fourth-order valence-corrected chi connectivity index (χ4v) is 1.56. The summed E-state index contributed by atoms with van der Waals surface area (Å²) in [5.41, 5.74) is 0. The van der Waals surface area contributed by atoms with Crippen LogP contribution < -0.4 is 0 Å². The van der Waals surface area contributed by atoms with Crippen LogP contribution in [-0.4, -0.2) is 20.5 Å². The number of halogens is 1. The van der Waals surface area contributed by atoms with Crippen molar-refractivity contribution in [3.8, 4) is 11.6 Å². The fourth-order valence-electron chi connectivity index (χ4n) is 1.33. The van der Waals surface area contributed by atoms with Crippen molar-refractivity contribution >= 4 is 17.4 Å². The number of carbonyl (C=O) groups is 1. The van der Waals surface area contributed by atoms with Gasteiger partial charge in [0.25, 0.3) is 0 Å². The zero-order valence-corrected chi connectivity index (χ0v) is 9.65. The number of rotatable bonds is 3. The molecule has 0 aliphatic rings. The summed E-state index contributed by atoms with van der Waals surface area (Å²) in [6.45, 7) is 1.76. The molecule has 0 aromatic carbocycles. The molecule has 2 aromatic rings. The molecule has 5 nitrogen and oxygen atoms in total. The summed E-state index contributed by atoms with van der Waals surface area (Å²) >= 11 is 5.98. The Morgan fingerprint density at radius 3 is 2.94 bits per heavy atom. The van der Waals surface area contributed by atoms with Crippen LogP contribution in [0.4, 0.5) is 0 Å². The van der Waals surface area contributed by atoms with Gasteiger partial charge in [-0.05, 0) is 0 Å². The highest BCUT2D eigenvalue weighted by Gasteiger charge is 2.18. The quantitative estimate of drug-likeness (QED) is 0.772. The minimum absolute atomic E-state index is 0.0877. The molecule has 2 aromatic heterocycles. The van der Waals surface area contributed by atoms with Gasteiger partial charge >= 0.3 is 0 Å². The SMILES string of the molecule is CCC(=O)c1cc(Cl)c(-c2ncnn2C)o1. The van der Waals surface area contributed by atoms with E-state index in [-0.39, 0.29) is 11.5 Å². The monoisotopic (exact) mass is 239 g/mol. The van der Waals surface area contributed by atoms with E-state index < -0.39 is 0 Å². The molecule has 0 N–H and O–H groups in total. The van der Waals surface area contributed by atoms with Crippen LogP contribution >= 0.6 is 11.6 Å². The van der Waals surface area contributed by atoms with Gasteiger partial charge in [-0.25, -0.2) is 9.67 Å². The normalized spacial score (nSPS) is 10.7. The van der Waals surface area contributed by atoms with Crippen LogP contribution in [0.5, 0.6) is 0 Å². The third-order valence-corrected chi connectivity index (χ3v) is 2.48. The molecule has 0 bridgehead atoms. The van der Waals surface area contributed by atoms with Gasteiger partial charge < -0.3 is 4.42 Å². The predicted octanol–water partition coefficient (Wildman–Crippen LogP) is 2.32. The number of nitrogens with zero attached hydrogens (tertiary/aromatic N) is 3. The van der Waals surface area contributed by atoms with Crippen LogP contribution in [0, 0.1) is 0 Å². The number of carbonyl (C=O) groups excluding carboxylic acids is 1. The van der Waals surface area contributed by atoms with Crippen molar-refractivity contribution in [1.29, 1.82) is 0 Å². The predicted molar refractivity (Wildman–Crippen MR) is 58.3 cm³/mol. The second kappa shape index (κ2) is 4.09. The number of aromatic nitrogens is 3. The number of hydrogen-bond donors (Lipinski definition) is 0.